The maximum atomic E-state index is 4.75. The van der Waals surface area contributed by atoms with E-state index < -0.39 is 0 Å². The first-order valence-corrected chi connectivity index (χ1v) is 10.2. The highest BCUT2D eigenvalue weighted by Gasteiger charge is 2.16. The fourth-order valence-corrected chi connectivity index (χ4v) is 4.56. The Morgan fingerprint density at radius 3 is 2.10 bits per heavy atom. The van der Waals surface area contributed by atoms with E-state index in [4.69, 9.17) is 9.97 Å². The van der Waals surface area contributed by atoms with Crippen molar-refractivity contribution in [1.82, 2.24) is 9.97 Å². The van der Waals surface area contributed by atoms with Crippen LogP contribution in [0.15, 0.2) is 78.6 Å². The maximum Gasteiger partial charge on any atom is 0.0970 e. The fraction of sp³-hybridized carbons (Fsp3) is 0.185. The van der Waals surface area contributed by atoms with Crippen LogP contribution in [0.1, 0.15) is 31.4 Å². The number of pyridine rings is 2. The molecule has 0 bridgehead atoms. The lowest BCUT2D eigenvalue weighted by molar-refractivity contribution is 0.710. The van der Waals surface area contributed by atoms with E-state index in [9.17, 15) is 0 Å². The second-order valence-corrected chi connectivity index (χ2v) is 8.12. The van der Waals surface area contributed by atoms with Crippen LogP contribution in [0.5, 0.6) is 0 Å². The molecule has 0 saturated heterocycles. The first kappa shape index (κ1) is 17.8. The molecule has 0 aliphatic heterocycles. The standard InChI is InChI=1S/C27H24N2/c1-17-8-9-21(19(3)16-17)23-13-15-29-27-25(23)11-10-24-22(12-14-28-26(24)27)20-7-5-4-6-18(20)2/h4-15,17H,16H2,1-3H3. The number of hydrogen-bond acceptors (Lipinski definition) is 2. The zero-order valence-corrected chi connectivity index (χ0v) is 17.1. The molecular formula is C27H24N2. The molecule has 0 radical (unpaired) electrons. The van der Waals surface area contributed by atoms with Crippen molar-refractivity contribution >= 4 is 27.4 Å². The average molecular weight is 377 g/mol. The monoisotopic (exact) mass is 376 g/mol. The molecule has 2 nitrogen and oxygen atoms in total. The van der Waals surface area contributed by atoms with Gasteiger partial charge in [-0.2, -0.15) is 0 Å². The summed E-state index contributed by atoms with van der Waals surface area (Å²) in [5.41, 5.74) is 9.69. The lowest BCUT2D eigenvalue weighted by atomic mass is 9.87. The van der Waals surface area contributed by atoms with Crippen molar-refractivity contribution in [1.29, 1.82) is 0 Å². The van der Waals surface area contributed by atoms with Gasteiger partial charge in [-0.3, -0.25) is 9.97 Å². The predicted octanol–water partition coefficient (Wildman–Crippen LogP) is 7.13. The van der Waals surface area contributed by atoms with Crippen LogP contribution in [0.4, 0.5) is 0 Å². The average Bonchev–Trinajstić information content (AvgIpc) is 2.73. The summed E-state index contributed by atoms with van der Waals surface area (Å²) >= 11 is 0. The van der Waals surface area contributed by atoms with Gasteiger partial charge in [-0.25, -0.2) is 0 Å². The summed E-state index contributed by atoms with van der Waals surface area (Å²) in [6.07, 6.45) is 9.53. The second-order valence-electron chi connectivity index (χ2n) is 8.12. The highest BCUT2D eigenvalue weighted by atomic mass is 14.7. The molecule has 4 aromatic rings. The molecule has 0 saturated carbocycles. The Labute approximate surface area is 171 Å². The van der Waals surface area contributed by atoms with Crippen molar-refractivity contribution in [2.75, 3.05) is 0 Å². The Morgan fingerprint density at radius 1 is 0.759 bits per heavy atom. The predicted molar refractivity (Wildman–Crippen MR) is 123 cm³/mol. The largest absolute Gasteiger partial charge is 0.254 e. The van der Waals surface area contributed by atoms with Crippen molar-refractivity contribution in [2.45, 2.75) is 27.2 Å². The number of allylic oxidation sites excluding steroid dienone is 4. The maximum absolute atomic E-state index is 4.75. The van der Waals surface area contributed by atoms with E-state index in [-0.39, 0.29) is 0 Å². The molecular weight excluding hydrogens is 352 g/mol. The van der Waals surface area contributed by atoms with Gasteiger partial charge < -0.3 is 0 Å². The first-order chi connectivity index (χ1) is 14.1. The van der Waals surface area contributed by atoms with Crippen LogP contribution in [-0.4, -0.2) is 9.97 Å². The molecule has 29 heavy (non-hydrogen) atoms. The normalized spacial score (nSPS) is 16.7. The molecule has 0 fully saturated rings. The van der Waals surface area contributed by atoms with Gasteiger partial charge in [-0.1, -0.05) is 61.0 Å². The number of hydrogen-bond donors (Lipinski definition) is 0. The molecule has 1 unspecified atom stereocenters. The topological polar surface area (TPSA) is 25.8 Å². The van der Waals surface area contributed by atoms with Gasteiger partial charge in [0.15, 0.2) is 0 Å². The summed E-state index contributed by atoms with van der Waals surface area (Å²) in [6, 6.07) is 17.2. The van der Waals surface area contributed by atoms with Crippen molar-refractivity contribution in [2.24, 2.45) is 5.92 Å². The van der Waals surface area contributed by atoms with Gasteiger partial charge in [0, 0.05) is 23.2 Å². The second kappa shape index (κ2) is 6.97. The highest BCUT2D eigenvalue weighted by molar-refractivity contribution is 6.11. The van der Waals surface area contributed by atoms with E-state index in [1.54, 1.807) is 0 Å². The van der Waals surface area contributed by atoms with Gasteiger partial charge in [0.2, 0.25) is 0 Å². The van der Waals surface area contributed by atoms with Crippen molar-refractivity contribution in [3.63, 3.8) is 0 Å². The van der Waals surface area contributed by atoms with Crippen LogP contribution in [0.25, 0.3) is 38.5 Å². The molecule has 142 valence electrons. The summed E-state index contributed by atoms with van der Waals surface area (Å²) in [5, 5.41) is 2.32. The lowest BCUT2D eigenvalue weighted by Gasteiger charge is -2.19. The molecule has 0 spiro atoms. The molecule has 2 aromatic carbocycles. The van der Waals surface area contributed by atoms with Crippen molar-refractivity contribution < 1.29 is 0 Å². The molecule has 0 amide bonds. The Bertz CT molecular complexity index is 1310. The Kier molecular flexibility index (Phi) is 4.28. The minimum Gasteiger partial charge on any atom is -0.254 e. The summed E-state index contributed by atoms with van der Waals surface area (Å²) in [4.78, 5) is 9.50. The summed E-state index contributed by atoms with van der Waals surface area (Å²) in [7, 11) is 0. The number of aryl methyl sites for hydroxylation is 1. The minimum absolute atomic E-state index is 0.603. The third-order valence-electron chi connectivity index (χ3n) is 6.03. The minimum atomic E-state index is 0.603. The Hall–Kier alpha value is -3.26. The van der Waals surface area contributed by atoms with Crippen LogP contribution in [0, 0.1) is 12.8 Å². The lowest BCUT2D eigenvalue weighted by Crippen LogP contribution is -2.00. The number of nitrogens with zero attached hydrogens (tertiary/aromatic N) is 2. The molecule has 2 heterocycles. The van der Waals surface area contributed by atoms with Gasteiger partial charge in [0.1, 0.15) is 0 Å². The van der Waals surface area contributed by atoms with Gasteiger partial charge in [0.05, 0.1) is 11.0 Å². The molecule has 1 aliphatic rings. The third-order valence-corrected chi connectivity index (χ3v) is 6.03. The van der Waals surface area contributed by atoms with Gasteiger partial charge in [-0.05, 0) is 66.1 Å². The zero-order chi connectivity index (χ0) is 20.0. The van der Waals surface area contributed by atoms with E-state index in [1.165, 1.54) is 38.8 Å². The van der Waals surface area contributed by atoms with Crippen LogP contribution < -0.4 is 0 Å². The Morgan fingerprint density at radius 2 is 1.41 bits per heavy atom. The first-order valence-electron chi connectivity index (χ1n) is 10.2. The molecule has 5 rings (SSSR count). The number of aromatic nitrogens is 2. The highest BCUT2D eigenvalue weighted by Crippen LogP contribution is 2.37. The van der Waals surface area contributed by atoms with Crippen molar-refractivity contribution in [3.05, 3.63) is 89.8 Å². The molecule has 2 aromatic heterocycles. The van der Waals surface area contributed by atoms with E-state index in [1.807, 2.05) is 12.4 Å². The fourth-order valence-electron chi connectivity index (χ4n) is 4.56. The molecule has 0 N–H and O–H groups in total. The molecule has 1 atom stereocenters. The summed E-state index contributed by atoms with van der Waals surface area (Å²) in [5.74, 6) is 0.603. The summed E-state index contributed by atoms with van der Waals surface area (Å²) < 4.78 is 0. The van der Waals surface area contributed by atoms with Crippen LogP contribution >= 0.6 is 0 Å². The SMILES string of the molecule is CC1=C(c2ccnc3c2ccc2c(-c4ccccc4C)ccnc23)C=CC(C)C1. The third kappa shape index (κ3) is 2.96. The quantitative estimate of drug-likeness (QED) is 0.348. The number of fused-ring (bicyclic) bond motifs is 3. The Balaban J connectivity index is 1.78. The van der Waals surface area contributed by atoms with Crippen LogP contribution in [0.2, 0.25) is 0 Å². The van der Waals surface area contributed by atoms with E-state index in [2.05, 4.69) is 81.5 Å². The van der Waals surface area contributed by atoms with E-state index >= 15 is 0 Å². The van der Waals surface area contributed by atoms with Gasteiger partial charge >= 0.3 is 0 Å². The smallest absolute Gasteiger partial charge is 0.0970 e. The van der Waals surface area contributed by atoms with E-state index in [0.29, 0.717) is 5.92 Å². The van der Waals surface area contributed by atoms with Crippen molar-refractivity contribution in [3.8, 4) is 11.1 Å². The van der Waals surface area contributed by atoms with E-state index in [0.717, 1.165) is 22.8 Å². The zero-order valence-electron chi connectivity index (χ0n) is 17.1. The molecule has 1 aliphatic carbocycles. The van der Waals surface area contributed by atoms with Gasteiger partial charge in [0.25, 0.3) is 0 Å². The molecule has 2 heteroatoms. The van der Waals surface area contributed by atoms with Crippen LogP contribution in [0.3, 0.4) is 0 Å². The summed E-state index contributed by atoms with van der Waals surface area (Å²) in [6.45, 7) is 6.67. The number of rotatable bonds is 2. The van der Waals surface area contributed by atoms with Crippen LogP contribution in [-0.2, 0) is 0 Å². The van der Waals surface area contributed by atoms with Gasteiger partial charge in [-0.15, -0.1) is 0 Å². The number of benzene rings is 2.